The fraction of sp³-hybridized carbons (Fsp3) is 0.529. The highest BCUT2D eigenvalue weighted by Gasteiger charge is 2.29. The van der Waals surface area contributed by atoms with Crippen molar-refractivity contribution in [3.05, 3.63) is 18.2 Å². The molecule has 0 aromatic carbocycles. The van der Waals surface area contributed by atoms with Crippen molar-refractivity contribution >= 4 is 29.7 Å². The second-order valence-corrected chi connectivity index (χ2v) is 6.75. The number of H-pyrrole nitrogens is 1. The maximum Gasteiger partial charge on any atom is 0.326 e. The molecule has 0 unspecified atom stereocenters. The van der Waals surface area contributed by atoms with Crippen molar-refractivity contribution in [1.29, 1.82) is 0 Å². The summed E-state index contributed by atoms with van der Waals surface area (Å²) in [5.74, 6) is -4.90. The van der Waals surface area contributed by atoms with Crippen LogP contribution < -0.4 is 27.4 Å². The molecule has 0 aliphatic carbocycles. The second-order valence-electron chi connectivity index (χ2n) is 6.75. The number of amides is 3. The summed E-state index contributed by atoms with van der Waals surface area (Å²) in [7, 11) is 0. The number of carbonyl (C=O) groups is 5. The van der Waals surface area contributed by atoms with Gasteiger partial charge in [0.1, 0.15) is 18.1 Å². The second kappa shape index (κ2) is 12.2. The third kappa shape index (κ3) is 8.79. The molecular weight excluding hydrogens is 414 g/mol. The van der Waals surface area contributed by atoms with Gasteiger partial charge in [-0.25, -0.2) is 9.78 Å². The number of aliphatic carboxylic acids is 2. The summed E-state index contributed by atoms with van der Waals surface area (Å²) >= 11 is 0. The van der Waals surface area contributed by atoms with Crippen LogP contribution in [0.2, 0.25) is 0 Å². The van der Waals surface area contributed by atoms with Gasteiger partial charge in [-0.1, -0.05) is 0 Å². The molecule has 1 heterocycles. The van der Waals surface area contributed by atoms with Gasteiger partial charge in [-0.15, -0.1) is 0 Å². The number of carboxylic acid groups (broad SMARTS) is 2. The number of aromatic nitrogens is 2. The minimum Gasteiger partial charge on any atom is -0.481 e. The number of nitrogens with two attached hydrogens (primary N) is 2. The van der Waals surface area contributed by atoms with Gasteiger partial charge in [-0.05, 0) is 13.3 Å². The third-order valence-electron chi connectivity index (χ3n) is 4.22. The summed E-state index contributed by atoms with van der Waals surface area (Å²) in [5, 5.41) is 25.2. The fourth-order valence-electron chi connectivity index (χ4n) is 2.41. The van der Waals surface area contributed by atoms with E-state index < -0.39 is 60.2 Å². The van der Waals surface area contributed by atoms with Crippen LogP contribution >= 0.6 is 0 Å². The number of nitrogens with one attached hydrogen (secondary N) is 4. The molecular formula is C17H27N7O7. The van der Waals surface area contributed by atoms with Gasteiger partial charge in [0.05, 0.1) is 12.4 Å². The molecule has 14 nitrogen and oxygen atoms in total. The van der Waals surface area contributed by atoms with Gasteiger partial charge in [0.2, 0.25) is 17.7 Å². The summed E-state index contributed by atoms with van der Waals surface area (Å²) in [6.45, 7) is 1.19. The molecule has 0 radical (unpaired) electrons. The van der Waals surface area contributed by atoms with Crippen molar-refractivity contribution in [2.45, 2.75) is 50.4 Å². The molecule has 0 aliphatic heterocycles. The van der Waals surface area contributed by atoms with Gasteiger partial charge < -0.3 is 42.6 Å². The summed E-state index contributed by atoms with van der Waals surface area (Å²) < 4.78 is 0. The summed E-state index contributed by atoms with van der Waals surface area (Å²) in [6.07, 6.45) is 1.87. The Morgan fingerprint density at radius 2 is 1.71 bits per heavy atom. The maximum absolute atomic E-state index is 12.6. The van der Waals surface area contributed by atoms with Crippen LogP contribution in [-0.4, -0.2) is 80.6 Å². The van der Waals surface area contributed by atoms with Gasteiger partial charge in [0.15, 0.2) is 0 Å². The van der Waals surface area contributed by atoms with Gasteiger partial charge in [0, 0.05) is 31.3 Å². The SMILES string of the molecule is C[C@@H](NC(=O)[C@@H](N)CN)C(=O)N[C@@H](CCC(=O)O)C(=O)N[C@@H](Cc1cnc[nH]1)C(=O)O. The van der Waals surface area contributed by atoms with E-state index in [0.717, 1.165) is 0 Å². The highest BCUT2D eigenvalue weighted by molar-refractivity contribution is 5.94. The summed E-state index contributed by atoms with van der Waals surface area (Å²) in [4.78, 5) is 65.6. The molecule has 10 N–H and O–H groups in total. The summed E-state index contributed by atoms with van der Waals surface area (Å²) in [6, 6.07) is -4.84. The zero-order chi connectivity index (χ0) is 23.6. The van der Waals surface area contributed by atoms with E-state index in [1.165, 1.54) is 19.4 Å². The highest BCUT2D eigenvalue weighted by Crippen LogP contribution is 2.04. The number of carbonyl (C=O) groups excluding carboxylic acids is 3. The number of rotatable bonds is 13. The largest absolute Gasteiger partial charge is 0.481 e. The first-order chi connectivity index (χ1) is 14.5. The number of imidazole rings is 1. The zero-order valence-electron chi connectivity index (χ0n) is 16.8. The molecule has 0 fully saturated rings. The van der Waals surface area contributed by atoms with Gasteiger partial charge in [-0.2, -0.15) is 0 Å². The lowest BCUT2D eigenvalue weighted by Gasteiger charge is -2.23. The van der Waals surface area contributed by atoms with Crippen molar-refractivity contribution in [2.75, 3.05) is 6.54 Å². The minimum atomic E-state index is -1.35. The first-order valence-electron chi connectivity index (χ1n) is 9.33. The average molecular weight is 441 g/mol. The van der Waals surface area contributed by atoms with E-state index in [-0.39, 0.29) is 19.4 Å². The standard InChI is InChI=1S/C17H27N7O7/c1-8(22-15(28)10(19)5-18)14(27)23-11(2-3-13(25)26)16(29)24-12(17(30)31)4-9-6-20-7-21-9/h6-8,10-12H,2-5,18-19H2,1H3,(H,20,21)(H,22,28)(H,23,27)(H,24,29)(H,25,26)(H,30,31)/t8-,10+,11+,12+/m1/s1. The number of hydrogen-bond acceptors (Lipinski definition) is 8. The quantitative estimate of drug-likeness (QED) is 0.151. The lowest BCUT2D eigenvalue weighted by atomic mass is 10.1. The molecule has 14 heteroatoms. The molecule has 1 aromatic rings. The number of nitrogens with zero attached hydrogens (tertiary/aromatic N) is 1. The predicted molar refractivity (Wildman–Crippen MR) is 105 cm³/mol. The van der Waals surface area contributed by atoms with Gasteiger partial charge >= 0.3 is 11.9 Å². The Hall–Kier alpha value is -3.52. The van der Waals surface area contributed by atoms with E-state index >= 15 is 0 Å². The minimum absolute atomic E-state index is 0.107. The lowest BCUT2D eigenvalue weighted by Crippen LogP contribution is -2.57. The Balaban J connectivity index is 2.84. The lowest BCUT2D eigenvalue weighted by molar-refractivity contribution is -0.143. The van der Waals surface area contributed by atoms with Crippen LogP contribution in [0, 0.1) is 0 Å². The zero-order valence-corrected chi connectivity index (χ0v) is 16.8. The Morgan fingerprint density at radius 3 is 2.23 bits per heavy atom. The Bertz CT molecular complexity index is 784. The van der Waals surface area contributed by atoms with Crippen LogP contribution in [-0.2, 0) is 30.4 Å². The van der Waals surface area contributed by atoms with Crippen molar-refractivity contribution in [1.82, 2.24) is 25.9 Å². The molecule has 0 spiro atoms. The Morgan fingerprint density at radius 1 is 1.06 bits per heavy atom. The normalized spacial score (nSPS) is 14.5. The van der Waals surface area contributed by atoms with Crippen molar-refractivity contribution < 1.29 is 34.2 Å². The number of aromatic amines is 1. The van der Waals surface area contributed by atoms with E-state index in [1.807, 2.05) is 0 Å². The molecule has 0 bridgehead atoms. The highest BCUT2D eigenvalue weighted by atomic mass is 16.4. The van der Waals surface area contributed by atoms with Crippen LogP contribution in [0.15, 0.2) is 12.5 Å². The Labute approximate surface area is 177 Å². The van der Waals surface area contributed by atoms with Crippen LogP contribution in [0.1, 0.15) is 25.5 Å². The van der Waals surface area contributed by atoms with E-state index in [2.05, 4.69) is 25.9 Å². The molecule has 0 saturated carbocycles. The van der Waals surface area contributed by atoms with Crippen molar-refractivity contribution in [3.63, 3.8) is 0 Å². The monoisotopic (exact) mass is 441 g/mol. The molecule has 0 saturated heterocycles. The smallest absolute Gasteiger partial charge is 0.326 e. The average Bonchev–Trinajstić information content (AvgIpc) is 3.22. The van der Waals surface area contributed by atoms with Crippen LogP contribution in [0.25, 0.3) is 0 Å². The first-order valence-corrected chi connectivity index (χ1v) is 9.33. The van der Waals surface area contributed by atoms with Crippen LogP contribution in [0.3, 0.4) is 0 Å². The molecule has 4 atom stereocenters. The van der Waals surface area contributed by atoms with Gasteiger partial charge in [0.25, 0.3) is 0 Å². The molecule has 0 aliphatic rings. The number of hydrogen-bond donors (Lipinski definition) is 8. The van der Waals surface area contributed by atoms with Crippen molar-refractivity contribution in [3.8, 4) is 0 Å². The first kappa shape index (κ1) is 25.5. The van der Waals surface area contributed by atoms with E-state index in [1.54, 1.807) is 0 Å². The summed E-state index contributed by atoms with van der Waals surface area (Å²) in [5.41, 5.74) is 11.2. The van der Waals surface area contributed by atoms with E-state index in [9.17, 15) is 29.1 Å². The predicted octanol–water partition coefficient (Wildman–Crippen LogP) is -3.34. The maximum atomic E-state index is 12.6. The fourth-order valence-corrected chi connectivity index (χ4v) is 2.41. The topological polar surface area (TPSA) is 243 Å². The molecule has 172 valence electrons. The van der Waals surface area contributed by atoms with E-state index in [4.69, 9.17) is 16.6 Å². The van der Waals surface area contributed by atoms with Crippen molar-refractivity contribution in [2.24, 2.45) is 11.5 Å². The molecule has 3 amide bonds. The van der Waals surface area contributed by atoms with E-state index in [0.29, 0.717) is 5.69 Å². The third-order valence-corrected chi connectivity index (χ3v) is 4.22. The van der Waals surface area contributed by atoms with Crippen LogP contribution in [0.5, 0.6) is 0 Å². The molecule has 31 heavy (non-hydrogen) atoms. The molecule has 1 rings (SSSR count). The van der Waals surface area contributed by atoms with Gasteiger partial charge in [-0.3, -0.25) is 19.2 Å². The van der Waals surface area contributed by atoms with Crippen LogP contribution in [0.4, 0.5) is 0 Å². The Kier molecular flexibility index (Phi) is 10.1. The molecule has 1 aromatic heterocycles. The number of carboxylic acids is 2.